The van der Waals surface area contributed by atoms with Crippen LogP contribution in [0.25, 0.3) is 0 Å². The molecule has 0 saturated heterocycles. The van der Waals surface area contributed by atoms with Crippen molar-refractivity contribution < 1.29 is 9.84 Å². The third kappa shape index (κ3) is 7.78. The Morgan fingerprint density at radius 2 is 2.09 bits per heavy atom. The van der Waals surface area contributed by atoms with Crippen LogP contribution >= 0.6 is 0 Å². The molecule has 0 heterocycles. The van der Waals surface area contributed by atoms with Crippen LogP contribution in [0.2, 0.25) is 0 Å². The number of nitrogens with one attached hydrogen (secondary N) is 1. The average Bonchev–Trinajstić information content (AvgIpc) is 2.04. The Hall–Kier alpha value is -0.120. The Balaban J connectivity index is 2.89. The van der Waals surface area contributed by atoms with Gasteiger partial charge in [0.15, 0.2) is 0 Å². The van der Waals surface area contributed by atoms with Crippen molar-refractivity contribution in [2.75, 3.05) is 13.7 Å². The summed E-state index contributed by atoms with van der Waals surface area (Å²) in [6, 6.07) is 0. The lowest BCUT2D eigenvalue weighted by Gasteiger charge is -2.09. The Bertz CT molecular complexity index is 78.5. The Labute approximate surface area is 68.8 Å². The first-order chi connectivity index (χ1) is 5.31. The number of aliphatic hydroxyl groups excluding tert-OH is 1. The summed E-state index contributed by atoms with van der Waals surface area (Å²) >= 11 is 0. The summed E-state index contributed by atoms with van der Waals surface area (Å²) in [5.74, 6) is 0. The van der Waals surface area contributed by atoms with Crippen molar-refractivity contribution in [1.82, 2.24) is 5.32 Å². The number of rotatable bonds is 7. The molecule has 3 heteroatoms. The predicted octanol–water partition coefficient (Wildman–Crippen LogP) is 1.08. The number of ether oxygens (including phenoxy) is 1. The fourth-order valence-electron chi connectivity index (χ4n) is 0.861. The summed E-state index contributed by atoms with van der Waals surface area (Å²) in [6.07, 6.45) is 4.04. The monoisotopic (exact) mass is 161 g/mol. The number of unbranched alkanes of at least 4 members (excludes halogenated alkanes) is 3. The molecule has 11 heavy (non-hydrogen) atoms. The molecule has 0 radical (unpaired) electrons. The van der Waals surface area contributed by atoms with Gasteiger partial charge in [-0.2, -0.15) is 0 Å². The molecular formula is C8H19NO2. The Morgan fingerprint density at radius 3 is 2.64 bits per heavy atom. The zero-order valence-corrected chi connectivity index (χ0v) is 7.47. The quantitative estimate of drug-likeness (QED) is 0.433. The summed E-state index contributed by atoms with van der Waals surface area (Å²) < 4.78 is 4.60. The summed E-state index contributed by atoms with van der Waals surface area (Å²) in [6.45, 7) is 3.01. The van der Waals surface area contributed by atoms with E-state index in [0.29, 0.717) is 0 Å². The van der Waals surface area contributed by atoms with Crippen molar-refractivity contribution in [3.05, 3.63) is 0 Å². The lowest BCUT2D eigenvalue weighted by atomic mass is 10.2. The van der Waals surface area contributed by atoms with Crippen LogP contribution in [0, 0.1) is 0 Å². The van der Waals surface area contributed by atoms with Gasteiger partial charge in [-0.25, -0.2) is 0 Å². The van der Waals surface area contributed by atoms with Gasteiger partial charge in [0.1, 0.15) is 0 Å². The van der Waals surface area contributed by atoms with Crippen molar-refractivity contribution in [3.63, 3.8) is 0 Å². The van der Waals surface area contributed by atoms with Crippen LogP contribution in [0.15, 0.2) is 0 Å². The smallest absolute Gasteiger partial charge is 0.213 e. The van der Waals surface area contributed by atoms with E-state index in [9.17, 15) is 0 Å². The standard InChI is InChI=1S/C8H19NO2/c1-3-4-5-6-7-9-8(10)11-2/h8-10H,3-7H2,1-2H3. The van der Waals surface area contributed by atoms with Gasteiger partial charge in [-0.05, 0) is 13.0 Å². The maximum atomic E-state index is 8.88. The number of hydrogen-bond donors (Lipinski definition) is 2. The highest BCUT2D eigenvalue weighted by atomic mass is 16.6. The first kappa shape index (κ1) is 10.9. The van der Waals surface area contributed by atoms with Crippen LogP contribution in [-0.4, -0.2) is 25.2 Å². The zero-order chi connectivity index (χ0) is 8.53. The van der Waals surface area contributed by atoms with Crippen LogP contribution in [0.3, 0.4) is 0 Å². The van der Waals surface area contributed by atoms with Crippen LogP contribution in [0.1, 0.15) is 32.6 Å². The average molecular weight is 161 g/mol. The SMILES string of the molecule is CCCCCCNC(O)OC. The molecule has 68 valence electrons. The first-order valence-electron chi connectivity index (χ1n) is 4.25. The fourth-order valence-corrected chi connectivity index (χ4v) is 0.861. The highest BCUT2D eigenvalue weighted by Gasteiger charge is 1.96. The third-order valence-electron chi connectivity index (χ3n) is 1.57. The van der Waals surface area contributed by atoms with Gasteiger partial charge in [0.05, 0.1) is 0 Å². The fraction of sp³-hybridized carbons (Fsp3) is 1.00. The van der Waals surface area contributed by atoms with Gasteiger partial charge < -0.3 is 9.84 Å². The second-order valence-electron chi connectivity index (χ2n) is 2.60. The zero-order valence-electron chi connectivity index (χ0n) is 7.47. The van der Waals surface area contributed by atoms with Crippen molar-refractivity contribution in [2.45, 2.75) is 39.0 Å². The van der Waals surface area contributed by atoms with Gasteiger partial charge in [-0.1, -0.05) is 26.2 Å². The maximum absolute atomic E-state index is 8.88. The third-order valence-corrected chi connectivity index (χ3v) is 1.57. The molecule has 0 fully saturated rings. The number of aliphatic hydroxyl groups is 1. The second kappa shape index (κ2) is 7.98. The minimum atomic E-state index is -0.795. The minimum Gasteiger partial charge on any atom is -0.356 e. The molecule has 0 saturated carbocycles. The predicted molar refractivity (Wildman–Crippen MR) is 45.2 cm³/mol. The van der Waals surface area contributed by atoms with Gasteiger partial charge in [0, 0.05) is 7.11 Å². The topological polar surface area (TPSA) is 41.5 Å². The highest BCUT2D eigenvalue weighted by Crippen LogP contribution is 1.97. The van der Waals surface area contributed by atoms with Gasteiger partial charge >= 0.3 is 0 Å². The second-order valence-corrected chi connectivity index (χ2v) is 2.60. The summed E-state index contributed by atoms with van der Waals surface area (Å²) in [5.41, 5.74) is 0. The molecule has 0 aliphatic heterocycles. The lowest BCUT2D eigenvalue weighted by molar-refractivity contribution is -0.0964. The number of hydrogen-bond acceptors (Lipinski definition) is 3. The van der Waals surface area contributed by atoms with Crippen molar-refractivity contribution in [2.24, 2.45) is 0 Å². The lowest BCUT2D eigenvalue weighted by Crippen LogP contribution is -2.30. The van der Waals surface area contributed by atoms with E-state index in [1.54, 1.807) is 0 Å². The first-order valence-corrected chi connectivity index (χ1v) is 4.25. The molecule has 0 aliphatic rings. The normalized spacial score (nSPS) is 13.4. The molecule has 3 nitrogen and oxygen atoms in total. The molecule has 0 bridgehead atoms. The molecule has 0 aromatic rings. The Morgan fingerprint density at radius 1 is 1.36 bits per heavy atom. The molecule has 0 aliphatic carbocycles. The van der Waals surface area contributed by atoms with Crippen molar-refractivity contribution >= 4 is 0 Å². The van der Waals surface area contributed by atoms with Crippen LogP contribution in [-0.2, 0) is 4.74 Å². The van der Waals surface area contributed by atoms with E-state index in [1.165, 1.54) is 26.4 Å². The Kier molecular flexibility index (Phi) is 7.89. The highest BCUT2D eigenvalue weighted by molar-refractivity contribution is 4.45. The molecule has 1 atom stereocenters. The van der Waals surface area contributed by atoms with Gasteiger partial charge in [-0.3, -0.25) is 5.32 Å². The molecule has 0 spiro atoms. The molecule has 0 aromatic heterocycles. The molecule has 0 rings (SSSR count). The maximum Gasteiger partial charge on any atom is 0.213 e. The molecule has 0 aromatic carbocycles. The molecule has 1 unspecified atom stereocenters. The van der Waals surface area contributed by atoms with Crippen LogP contribution in [0.4, 0.5) is 0 Å². The number of methoxy groups -OCH3 is 1. The van der Waals surface area contributed by atoms with E-state index in [-0.39, 0.29) is 0 Å². The van der Waals surface area contributed by atoms with Crippen molar-refractivity contribution in [3.8, 4) is 0 Å². The summed E-state index contributed by atoms with van der Waals surface area (Å²) in [7, 11) is 1.48. The minimum absolute atomic E-state index is 0.795. The molecule has 0 amide bonds. The van der Waals surface area contributed by atoms with Gasteiger partial charge in [0.2, 0.25) is 6.41 Å². The summed E-state index contributed by atoms with van der Waals surface area (Å²) in [5, 5.41) is 11.7. The van der Waals surface area contributed by atoms with Gasteiger partial charge in [-0.15, -0.1) is 0 Å². The van der Waals surface area contributed by atoms with Crippen LogP contribution < -0.4 is 5.32 Å². The van der Waals surface area contributed by atoms with Crippen LogP contribution in [0.5, 0.6) is 0 Å². The largest absolute Gasteiger partial charge is 0.356 e. The molecular weight excluding hydrogens is 142 g/mol. The van der Waals surface area contributed by atoms with Crippen molar-refractivity contribution in [1.29, 1.82) is 0 Å². The van der Waals surface area contributed by atoms with E-state index in [2.05, 4.69) is 17.0 Å². The van der Waals surface area contributed by atoms with E-state index in [1.807, 2.05) is 0 Å². The van der Waals surface area contributed by atoms with E-state index in [4.69, 9.17) is 5.11 Å². The van der Waals surface area contributed by atoms with E-state index in [0.717, 1.165) is 13.0 Å². The van der Waals surface area contributed by atoms with Gasteiger partial charge in [0.25, 0.3) is 0 Å². The summed E-state index contributed by atoms with van der Waals surface area (Å²) in [4.78, 5) is 0. The van der Waals surface area contributed by atoms with E-state index < -0.39 is 6.41 Å². The molecule has 2 N–H and O–H groups in total. The van der Waals surface area contributed by atoms with E-state index >= 15 is 0 Å².